The van der Waals surface area contributed by atoms with Crippen molar-refractivity contribution in [1.29, 1.82) is 0 Å². The van der Waals surface area contributed by atoms with Gasteiger partial charge in [-0.1, -0.05) is 0 Å². The maximum absolute atomic E-state index is 11.0. The molecule has 0 radical (unpaired) electrons. The zero-order valence-electron chi connectivity index (χ0n) is 10.2. The Morgan fingerprint density at radius 3 is 2.79 bits per heavy atom. The highest BCUT2D eigenvalue weighted by Crippen LogP contribution is 2.29. The van der Waals surface area contributed by atoms with E-state index in [4.69, 9.17) is 0 Å². The second kappa shape index (κ2) is 5.62. The number of nitro groups is 1. The fraction of sp³-hybridized carbons (Fsp3) is 0.154. The number of nitro benzene ring substituents is 1. The maximum atomic E-state index is 11.0. The molecule has 1 N–H and O–H groups in total. The van der Waals surface area contributed by atoms with Gasteiger partial charge in [-0.15, -0.1) is 0 Å². The van der Waals surface area contributed by atoms with Crippen LogP contribution in [0, 0.1) is 10.1 Å². The lowest BCUT2D eigenvalue weighted by atomic mass is 10.1. The molecule has 0 spiro atoms. The molecular formula is C13H12N2O3S. The lowest BCUT2D eigenvalue weighted by molar-refractivity contribution is -0.384. The van der Waals surface area contributed by atoms with E-state index >= 15 is 0 Å². The van der Waals surface area contributed by atoms with Gasteiger partial charge in [0, 0.05) is 17.7 Å². The minimum Gasteiger partial charge on any atom is -0.373 e. The van der Waals surface area contributed by atoms with Crippen LogP contribution in [0.2, 0.25) is 0 Å². The van der Waals surface area contributed by atoms with Gasteiger partial charge in [0.05, 0.1) is 4.92 Å². The number of anilines is 1. The molecule has 2 aromatic rings. The fourth-order valence-electron chi connectivity index (χ4n) is 1.73. The lowest BCUT2D eigenvalue weighted by Crippen LogP contribution is -2.07. The molecule has 0 aliphatic carbocycles. The Balaban J connectivity index is 2.29. The summed E-state index contributed by atoms with van der Waals surface area (Å²) in [6.45, 7) is 1.93. The van der Waals surface area contributed by atoms with E-state index in [0.717, 1.165) is 5.56 Å². The van der Waals surface area contributed by atoms with Gasteiger partial charge in [0.2, 0.25) is 0 Å². The van der Waals surface area contributed by atoms with Gasteiger partial charge in [-0.25, -0.2) is 0 Å². The summed E-state index contributed by atoms with van der Waals surface area (Å²) in [4.78, 5) is 21.2. The highest BCUT2D eigenvalue weighted by atomic mass is 32.1. The Labute approximate surface area is 114 Å². The lowest BCUT2D eigenvalue weighted by Gasteiger charge is -2.14. The molecule has 1 heterocycles. The predicted octanol–water partition coefficient (Wildman–Crippen LogP) is 3.64. The van der Waals surface area contributed by atoms with E-state index < -0.39 is 4.92 Å². The van der Waals surface area contributed by atoms with Crippen molar-refractivity contribution in [2.75, 3.05) is 5.32 Å². The molecule has 5 nitrogen and oxygen atoms in total. The molecule has 19 heavy (non-hydrogen) atoms. The van der Waals surface area contributed by atoms with Crippen LogP contribution in [-0.4, -0.2) is 11.2 Å². The van der Waals surface area contributed by atoms with Crippen LogP contribution in [-0.2, 0) is 0 Å². The van der Waals surface area contributed by atoms with Crippen molar-refractivity contribution < 1.29 is 9.72 Å². The molecule has 98 valence electrons. The largest absolute Gasteiger partial charge is 0.373 e. The number of rotatable bonds is 5. The quantitative estimate of drug-likeness (QED) is 0.514. The number of carbonyl (C=O) groups excluding carboxylic acids is 1. The molecule has 0 bridgehead atoms. The number of aldehydes is 1. The highest BCUT2D eigenvalue weighted by molar-refractivity contribution is 7.07. The zero-order valence-corrected chi connectivity index (χ0v) is 11.0. The maximum Gasteiger partial charge on any atom is 0.293 e. The Bertz CT molecular complexity index is 596. The third-order valence-corrected chi connectivity index (χ3v) is 3.47. The minimum atomic E-state index is -0.490. The number of carbonyl (C=O) groups is 1. The molecule has 2 rings (SSSR count). The number of nitrogens with zero attached hydrogens (tertiary/aromatic N) is 1. The first kappa shape index (κ1) is 13.2. The summed E-state index contributed by atoms with van der Waals surface area (Å²) >= 11 is 1.57. The van der Waals surface area contributed by atoms with E-state index in [2.05, 4.69) is 5.32 Å². The van der Waals surface area contributed by atoms with E-state index in [1.807, 2.05) is 23.8 Å². The molecule has 0 fully saturated rings. The molecule has 1 atom stereocenters. The number of thiophene rings is 1. The van der Waals surface area contributed by atoms with Crippen molar-refractivity contribution in [2.24, 2.45) is 0 Å². The molecule has 0 aliphatic rings. The van der Waals surface area contributed by atoms with Gasteiger partial charge in [-0.3, -0.25) is 14.9 Å². The van der Waals surface area contributed by atoms with E-state index in [0.29, 0.717) is 17.5 Å². The summed E-state index contributed by atoms with van der Waals surface area (Å²) in [5, 5.41) is 18.0. The van der Waals surface area contributed by atoms with E-state index in [1.165, 1.54) is 6.07 Å². The van der Waals surface area contributed by atoms with Crippen LogP contribution in [0.1, 0.15) is 28.9 Å². The van der Waals surface area contributed by atoms with Crippen LogP contribution in [0.15, 0.2) is 35.0 Å². The first-order chi connectivity index (χ1) is 9.11. The van der Waals surface area contributed by atoms with Crippen LogP contribution in [0.4, 0.5) is 11.4 Å². The Morgan fingerprint density at radius 2 is 2.21 bits per heavy atom. The van der Waals surface area contributed by atoms with Crippen molar-refractivity contribution in [3.63, 3.8) is 0 Å². The average molecular weight is 276 g/mol. The Kier molecular flexibility index (Phi) is 3.91. The zero-order chi connectivity index (χ0) is 13.8. The van der Waals surface area contributed by atoms with Crippen LogP contribution < -0.4 is 5.32 Å². The summed E-state index contributed by atoms with van der Waals surface area (Å²) in [7, 11) is 0. The number of nitrogens with one attached hydrogen (secondary N) is 1. The molecule has 1 unspecified atom stereocenters. The van der Waals surface area contributed by atoms with Crippen molar-refractivity contribution in [2.45, 2.75) is 13.0 Å². The van der Waals surface area contributed by atoms with Crippen molar-refractivity contribution >= 4 is 29.0 Å². The average Bonchev–Trinajstić information content (AvgIpc) is 2.92. The van der Waals surface area contributed by atoms with Gasteiger partial charge >= 0.3 is 0 Å². The van der Waals surface area contributed by atoms with Gasteiger partial charge in [0.25, 0.3) is 5.69 Å². The second-order valence-corrected chi connectivity index (χ2v) is 4.85. The molecule has 0 saturated carbocycles. The van der Waals surface area contributed by atoms with Gasteiger partial charge in [0.15, 0.2) is 0 Å². The molecule has 1 aromatic carbocycles. The predicted molar refractivity (Wildman–Crippen MR) is 74.8 cm³/mol. The fourth-order valence-corrected chi connectivity index (χ4v) is 2.49. The number of benzene rings is 1. The van der Waals surface area contributed by atoms with Crippen LogP contribution in [0.25, 0.3) is 0 Å². The van der Waals surface area contributed by atoms with E-state index in [1.54, 1.807) is 23.5 Å². The summed E-state index contributed by atoms with van der Waals surface area (Å²) in [6.07, 6.45) is 0.596. The van der Waals surface area contributed by atoms with Gasteiger partial charge in [-0.05, 0) is 41.4 Å². The van der Waals surface area contributed by atoms with Gasteiger partial charge in [-0.2, -0.15) is 11.3 Å². The summed E-state index contributed by atoms with van der Waals surface area (Å²) < 4.78 is 0. The van der Waals surface area contributed by atoms with E-state index in [-0.39, 0.29) is 11.7 Å². The SMILES string of the molecule is CC(Nc1ccc(C=O)cc1[N+](=O)[O-])c1ccsc1. The second-order valence-electron chi connectivity index (χ2n) is 4.07. The molecule has 0 amide bonds. The normalized spacial score (nSPS) is 11.8. The Morgan fingerprint density at radius 1 is 1.42 bits per heavy atom. The third-order valence-electron chi connectivity index (χ3n) is 2.77. The highest BCUT2D eigenvalue weighted by Gasteiger charge is 2.16. The molecular weight excluding hydrogens is 264 g/mol. The number of hydrogen-bond acceptors (Lipinski definition) is 5. The number of hydrogen-bond donors (Lipinski definition) is 1. The first-order valence-electron chi connectivity index (χ1n) is 5.64. The molecule has 0 aliphatic heterocycles. The first-order valence-corrected chi connectivity index (χ1v) is 6.58. The summed E-state index contributed by atoms with van der Waals surface area (Å²) in [6, 6.07) is 6.32. The van der Waals surface area contributed by atoms with Crippen molar-refractivity contribution in [1.82, 2.24) is 0 Å². The Hall–Kier alpha value is -2.21. The monoisotopic (exact) mass is 276 g/mol. The van der Waals surface area contributed by atoms with E-state index in [9.17, 15) is 14.9 Å². The molecule has 0 saturated heterocycles. The smallest absolute Gasteiger partial charge is 0.293 e. The summed E-state index contributed by atoms with van der Waals surface area (Å²) in [5.41, 5.74) is 1.68. The topological polar surface area (TPSA) is 72.2 Å². The van der Waals surface area contributed by atoms with Crippen molar-refractivity contribution in [3.05, 3.63) is 56.3 Å². The van der Waals surface area contributed by atoms with Gasteiger partial charge < -0.3 is 5.32 Å². The van der Waals surface area contributed by atoms with Crippen molar-refractivity contribution in [3.8, 4) is 0 Å². The molecule has 6 heteroatoms. The summed E-state index contributed by atoms with van der Waals surface area (Å²) in [5.74, 6) is 0. The van der Waals surface area contributed by atoms with Crippen LogP contribution >= 0.6 is 11.3 Å². The van der Waals surface area contributed by atoms with Gasteiger partial charge in [0.1, 0.15) is 12.0 Å². The van der Waals surface area contributed by atoms with Crippen LogP contribution in [0.3, 0.4) is 0 Å². The molecule has 1 aromatic heterocycles. The standard InChI is InChI=1S/C13H12N2O3S/c1-9(11-4-5-19-8-11)14-12-3-2-10(7-16)6-13(12)15(17)18/h2-9,14H,1H3. The minimum absolute atomic E-state index is 0.0352. The van der Waals surface area contributed by atoms with Crippen LogP contribution in [0.5, 0.6) is 0 Å². The third kappa shape index (κ3) is 2.97.